The van der Waals surface area contributed by atoms with Gasteiger partial charge < -0.3 is 9.64 Å². The average molecular weight is 536 g/mol. The van der Waals surface area contributed by atoms with Crippen LogP contribution in [0.15, 0.2) is 51.7 Å². The fourth-order valence-corrected chi connectivity index (χ4v) is 4.60. The number of allylic oxidation sites excluding steroid dienone is 4. The van der Waals surface area contributed by atoms with Crippen LogP contribution in [-0.2, 0) is 19.3 Å². The number of aliphatic imine (C=N–C) groups is 1. The predicted octanol–water partition coefficient (Wildman–Crippen LogP) is 6.18. The van der Waals surface area contributed by atoms with Crippen molar-refractivity contribution in [3.8, 4) is 0 Å². The quantitative estimate of drug-likeness (QED) is 0.0746. The van der Waals surface area contributed by atoms with Crippen LogP contribution in [0.3, 0.4) is 0 Å². The maximum Gasteiger partial charge on any atom is 0.453 e. The molecule has 8 heteroatoms. The largest absolute Gasteiger partial charge is 0.477 e. The zero-order chi connectivity index (χ0) is 28.6. The van der Waals surface area contributed by atoms with Gasteiger partial charge in [-0.25, -0.2) is 13.8 Å². The predicted molar refractivity (Wildman–Crippen MR) is 159 cm³/mol. The van der Waals surface area contributed by atoms with Gasteiger partial charge in [0, 0.05) is 22.9 Å². The number of nitrogens with zero attached hydrogens (tertiary/aromatic N) is 3. The first-order valence-electron chi connectivity index (χ1n) is 13.3. The van der Waals surface area contributed by atoms with Gasteiger partial charge in [0.05, 0.1) is 9.73 Å². The maximum absolute atomic E-state index is 13.1. The number of amides is 1. The van der Waals surface area contributed by atoms with Crippen LogP contribution in [-0.4, -0.2) is 70.6 Å². The second-order valence-electron chi connectivity index (χ2n) is 9.92. The number of ether oxygens (including phenoxy) is 1. The van der Waals surface area contributed by atoms with Crippen molar-refractivity contribution >= 4 is 29.1 Å². The Bertz CT molecular complexity index is 975. The molecule has 210 valence electrons. The van der Waals surface area contributed by atoms with Gasteiger partial charge in [-0.3, -0.25) is 4.99 Å². The minimum absolute atomic E-state index is 0.170. The summed E-state index contributed by atoms with van der Waals surface area (Å²) >= 11 is 0. The highest BCUT2D eigenvalue weighted by molar-refractivity contribution is 7.96. The first kappa shape index (κ1) is 34.7. The first-order valence-corrected chi connectivity index (χ1v) is 15.0. The molecule has 1 amide bonds. The smallest absolute Gasteiger partial charge is 0.453 e. The monoisotopic (exact) mass is 535 g/mol. The Morgan fingerprint density at radius 3 is 2.35 bits per heavy atom. The number of carbonyl (C=O) groups is 1. The van der Waals surface area contributed by atoms with Gasteiger partial charge in [-0.15, -0.1) is 0 Å². The molecular formula is C29H51N4O3S+. The SMILES string of the molecule is C=NC=CC(C)OC(=CC(C)CC)C(=O)[N+](=C)CC(C)=CC=C(C)S(=N)(=O)CCCN(CCC)C(C)C. The van der Waals surface area contributed by atoms with E-state index in [0.717, 1.165) is 37.9 Å². The molecule has 0 saturated heterocycles. The molecule has 3 unspecified atom stereocenters. The highest BCUT2D eigenvalue weighted by Gasteiger charge is 2.25. The molecule has 37 heavy (non-hydrogen) atoms. The molecule has 0 aromatic carbocycles. The lowest BCUT2D eigenvalue weighted by Crippen LogP contribution is -2.33. The minimum Gasteiger partial charge on any atom is -0.477 e. The summed E-state index contributed by atoms with van der Waals surface area (Å²) < 4.78 is 28.6. The summed E-state index contributed by atoms with van der Waals surface area (Å²) in [6, 6.07) is 0.437. The summed E-state index contributed by atoms with van der Waals surface area (Å²) in [6.07, 6.45) is 11.0. The lowest BCUT2D eigenvalue weighted by atomic mass is 10.1. The third-order valence-electron chi connectivity index (χ3n) is 6.03. The third-order valence-corrected chi connectivity index (χ3v) is 8.07. The van der Waals surface area contributed by atoms with E-state index in [2.05, 4.69) is 44.1 Å². The van der Waals surface area contributed by atoms with Crippen LogP contribution in [0.2, 0.25) is 0 Å². The highest BCUT2D eigenvalue weighted by Crippen LogP contribution is 2.15. The van der Waals surface area contributed by atoms with Gasteiger partial charge in [0.15, 0.2) is 6.54 Å². The standard InChI is InChI=1S/C29H51N4O3S/c1-11-18-33(23(3)4)19-13-20-37(30,35)27(8)15-14-25(6)22-32(10)29(34)28(21-24(5)12-2)36-26(7)16-17-31-9/h14-17,21,23-24,26,30H,9-13,18-20,22H2,1-8H3/q+1. The van der Waals surface area contributed by atoms with Crippen LogP contribution in [0.4, 0.5) is 0 Å². The highest BCUT2D eigenvalue weighted by atomic mass is 32.2. The van der Waals surface area contributed by atoms with Crippen LogP contribution in [0.5, 0.6) is 0 Å². The number of hydrogen-bond donors (Lipinski definition) is 1. The van der Waals surface area contributed by atoms with E-state index in [0.29, 0.717) is 16.7 Å². The number of carbonyl (C=O) groups excluding carboxylic acids is 1. The normalized spacial score (nSPS) is 16.6. The van der Waals surface area contributed by atoms with Crippen LogP contribution < -0.4 is 0 Å². The van der Waals surface area contributed by atoms with Gasteiger partial charge in [-0.05, 0) is 103 Å². The molecular weight excluding hydrogens is 484 g/mol. The molecule has 0 aliphatic carbocycles. The molecule has 0 radical (unpaired) electrons. The molecule has 0 aromatic rings. The third kappa shape index (κ3) is 14.3. The van der Waals surface area contributed by atoms with Gasteiger partial charge in [0.2, 0.25) is 5.76 Å². The second-order valence-corrected chi connectivity index (χ2v) is 12.3. The van der Waals surface area contributed by atoms with E-state index >= 15 is 0 Å². The van der Waals surface area contributed by atoms with Crippen LogP contribution >= 0.6 is 0 Å². The molecule has 1 N–H and O–H groups in total. The molecule has 7 nitrogen and oxygen atoms in total. The lowest BCUT2D eigenvalue weighted by molar-refractivity contribution is -0.430. The Hall–Kier alpha value is -2.32. The molecule has 0 aliphatic rings. The van der Waals surface area contributed by atoms with Gasteiger partial charge >= 0.3 is 5.91 Å². The fourth-order valence-electron chi connectivity index (χ4n) is 3.46. The Morgan fingerprint density at radius 2 is 1.81 bits per heavy atom. The summed E-state index contributed by atoms with van der Waals surface area (Å²) in [5.41, 5.74) is 0.860. The van der Waals surface area contributed by atoms with Crippen molar-refractivity contribution < 1.29 is 18.3 Å². The van der Waals surface area contributed by atoms with E-state index in [4.69, 9.17) is 9.52 Å². The van der Waals surface area contributed by atoms with E-state index in [9.17, 15) is 9.00 Å². The first-order chi connectivity index (χ1) is 17.3. The van der Waals surface area contributed by atoms with E-state index < -0.39 is 9.73 Å². The van der Waals surface area contributed by atoms with Crippen molar-refractivity contribution in [3.05, 3.63) is 46.7 Å². The zero-order valence-corrected chi connectivity index (χ0v) is 25.3. The minimum atomic E-state index is -2.84. The summed E-state index contributed by atoms with van der Waals surface area (Å²) in [4.78, 5) is 19.7. The van der Waals surface area contributed by atoms with Crippen LogP contribution in [0, 0.1) is 10.7 Å². The van der Waals surface area contributed by atoms with Crippen molar-refractivity contribution in [1.82, 2.24) is 4.90 Å². The Labute approximate surface area is 226 Å². The van der Waals surface area contributed by atoms with Gasteiger partial charge in [0.1, 0.15) is 12.8 Å². The van der Waals surface area contributed by atoms with Crippen molar-refractivity contribution in [2.45, 2.75) is 86.8 Å². The van der Waals surface area contributed by atoms with E-state index in [-0.39, 0.29) is 30.2 Å². The topological polar surface area (TPSA) is 85.8 Å². The van der Waals surface area contributed by atoms with Crippen molar-refractivity contribution in [2.24, 2.45) is 10.9 Å². The average Bonchev–Trinajstić information content (AvgIpc) is 2.84. The van der Waals surface area contributed by atoms with E-state index in [1.54, 1.807) is 19.1 Å². The van der Waals surface area contributed by atoms with Crippen LogP contribution in [0.25, 0.3) is 0 Å². The van der Waals surface area contributed by atoms with Crippen molar-refractivity contribution in [3.63, 3.8) is 0 Å². The Kier molecular flexibility index (Phi) is 16.9. The van der Waals surface area contributed by atoms with Crippen molar-refractivity contribution in [2.75, 3.05) is 25.4 Å². The molecule has 0 heterocycles. The lowest BCUT2D eigenvalue weighted by Gasteiger charge is -2.26. The Balaban J connectivity index is 5.33. The van der Waals surface area contributed by atoms with Gasteiger partial charge in [-0.1, -0.05) is 26.8 Å². The molecule has 0 rings (SSSR count). The molecule has 0 bridgehead atoms. The maximum atomic E-state index is 13.1. The summed E-state index contributed by atoms with van der Waals surface area (Å²) in [5.74, 6) is 0.442. The van der Waals surface area contributed by atoms with E-state index in [1.807, 2.05) is 39.8 Å². The number of hydrogen-bond acceptors (Lipinski definition) is 6. The number of rotatable bonds is 18. The molecule has 0 fully saturated rings. The van der Waals surface area contributed by atoms with Gasteiger partial charge in [-0.2, -0.15) is 4.58 Å². The summed E-state index contributed by atoms with van der Waals surface area (Å²) in [5, 5.41) is 0. The van der Waals surface area contributed by atoms with Crippen LogP contribution in [0.1, 0.15) is 74.7 Å². The second kappa shape index (κ2) is 18.0. The number of nitrogens with one attached hydrogen (secondary N) is 1. The summed E-state index contributed by atoms with van der Waals surface area (Å²) in [7, 11) is -2.84. The fraction of sp³-hybridized carbons (Fsp3) is 0.621. The Morgan fingerprint density at radius 1 is 1.16 bits per heavy atom. The van der Waals surface area contributed by atoms with Crippen molar-refractivity contribution in [1.29, 1.82) is 4.78 Å². The summed E-state index contributed by atoms with van der Waals surface area (Å²) in [6.45, 7) is 25.5. The zero-order valence-electron chi connectivity index (χ0n) is 24.5. The van der Waals surface area contributed by atoms with Gasteiger partial charge in [0.25, 0.3) is 0 Å². The van der Waals surface area contributed by atoms with E-state index in [1.165, 1.54) is 10.8 Å². The molecule has 0 spiro atoms. The molecule has 0 aromatic heterocycles. The molecule has 0 aliphatic heterocycles. The molecule has 0 saturated carbocycles. The molecule has 3 atom stereocenters.